The van der Waals surface area contributed by atoms with Gasteiger partial charge in [-0.05, 0) is 86.3 Å². The zero-order valence-corrected chi connectivity index (χ0v) is 33.3. The molecule has 0 bridgehead atoms. The Balaban J connectivity index is 1.26. The molecule has 2 aliphatic heterocycles. The molecule has 6 rings (SSSR count). The van der Waals surface area contributed by atoms with E-state index in [1.54, 1.807) is 0 Å². The summed E-state index contributed by atoms with van der Waals surface area (Å²) in [5, 5.41) is 15.7. The minimum Gasteiger partial charge on any atom is -0.392 e. The maximum Gasteiger partial charge on any atom is 0.272 e. The molecule has 7 atom stereocenters. The van der Waals surface area contributed by atoms with Crippen LogP contribution in [0.4, 0.5) is 0 Å². The van der Waals surface area contributed by atoms with Crippen molar-refractivity contribution in [3.63, 3.8) is 0 Å². The Kier molecular flexibility index (Phi) is 12.8. The standard InChI is InChI=1S/C42H52Cl3N3O5/c1-26-36(24-48-34-11-6-5-9-30(34)20-21-35(48)38(50)47-41(2,3)4)52-39(53-37(26)31-14-12-27(25-49)13-15-31)32-18-16-29(17-19-32)33-10-7-8-28(22-33)23-46-40(51)42(43,44)45/h7-8,10,12-19,22,26,30,34-37,39,49H,5-6,9,11,20-21,23-25H2,1-4H3,(H,46,51)(H,47,50)/t26-,30+,34+,35+,36+,37+,39+/m0/s1. The minimum absolute atomic E-state index is 0.00871. The molecule has 8 nitrogen and oxygen atoms in total. The van der Waals surface area contributed by atoms with Crippen LogP contribution in [0.3, 0.4) is 0 Å². The molecule has 3 aromatic rings. The molecular weight excluding hydrogens is 733 g/mol. The number of hydrogen-bond acceptors (Lipinski definition) is 6. The highest BCUT2D eigenvalue weighted by Crippen LogP contribution is 2.44. The quantitative estimate of drug-likeness (QED) is 0.188. The third-order valence-corrected chi connectivity index (χ3v) is 11.5. The Bertz CT molecular complexity index is 1710. The van der Waals surface area contributed by atoms with Gasteiger partial charge in [0.15, 0.2) is 6.29 Å². The highest BCUT2D eigenvalue weighted by molar-refractivity contribution is 6.76. The van der Waals surface area contributed by atoms with Crippen LogP contribution in [0.2, 0.25) is 0 Å². The number of amides is 2. The number of halogens is 3. The van der Waals surface area contributed by atoms with Crippen molar-refractivity contribution in [2.24, 2.45) is 11.8 Å². The van der Waals surface area contributed by atoms with Crippen LogP contribution in [0.25, 0.3) is 11.1 Å². The van der Waals surface area contributed by atoms with Crippen molar-refractivity contribution in [1.82, 2.24) is 15.5 Å². The molecule has 2 amide bonds. The summed E-state index contributed by atoms with van der Waals surface area (Å²) in [7, 11) is 0. The van der Waals surface area contributed by atoms with E-state index in [9.17, 15) is 14.7 Å². The van der Waals surface area contributed by atoms with Crippen molar-refractivity contribution >= 4 is 46.6 Å². The first-order valence-corrected chi connectivity index (χ1v) is 20.0. The molecule has 3 aliphatic rings. The Morgan fingerprint density at radius 1 is 0.849 bits per heavy atom. The second-order valence-corrected chi connectivity index (χ2v) is 18.2. The molecule has 0 spiro atoms. The SMILES string of the molecule is C[C@H]1[C@@H](CN2[C@@H](C(=O)NC(C)(C)C)CC[C@H]3CCCC[C@H]32)O[C@@H](c2ccc(-c3cccc(CNC(=O)C(Cl)(Cl)Cl)c3)cc2)O[C@H]1c1ccc(CO)cc1. The van der Waals surface area contributed by atoms with Crippen molar-refractivity contribution in [3.8, 4) is 11.1 Å². The van der Waals surface area contributed by atoms with Crippen molar-refractivity contribution in [2.75, 3.05) is 6.54 Å². The summed E-state index contributed by atoms with van der Waals surface area (Å²) < 4.78 is 11.7. The number of nitrogens with zero attached hydrogens (tertiary/aromatic N) is 1. The van der Waals surface area contributed by atoms with E-state index in [2.05, 4.69) is 22.5 Å². The van der Waals surface area contributed by atoms with Crippen molar-refractivity contribution in [2.45, 2.75) is 119 Å². The number of carbonyl (C=O) groups is 2. The van der Waals surface area contributed by atoms with Gasteiger partial charge in [0.25, 0.3) is 9.70 Å². The number of piperidine rings is 1. The smallest absolute Gasteiger partial charge is 0.272 e. The van der Waals surface area contributed by atoms with Crippen LogP contribution in [0, 0.1) is 11.8 Å². The summed E-state index contributed by atoms with van der Waals surface area (Å²) in [6.45, 7) is 9.14. The van der Waals surface area contributed by atoms with Gasteiger partial charge in [-0.1, -0.05) is 121 Å². The largest absolute Gasteiger partial charge is 0.392 e. The Hall–Kier alpha value is -2.69. The van der Waals surface area contributed by atoms with Crippen LogP contribution in [0.1, 0.15) is 101 Å². The van der Waals surface area contributed by atoms with Gasteiger partial charge in [0.1, 0.15) is 0 Å². The summed E-state index contributed by atoms with van der Waals surface area (Å²) in [6, 6.07) is 24.1. The van der Waals surface area contributed by atoms with E-state index in [0.29, 0.717) is 18.5 Å². The number of aliphatic hydroxyl groups is 1. The van der Waals surface area contributed by atoms with E-state index in [1.165, 1.54) is 19.3 Å². The fraction of sp³-hybridized carbons (Fsp3) is 0.524. The molecule has 3 fully saturated rings. The van der Waals surface area contributed by atoms with E-state index in [-0.39, 0.29) is 48.8 Å². The lowest BCUT2D eigenvalue weighted by Gasteiger charge is -2.51. The summed E-state index contributed by atoms with van der Waals surface area (Å²) in [4.78, 5) is 28.4. The van der Waals surface area contributed by atoms with Crippen LogP contribution >= 0.6 is 34.8 Å². The maximum absolute atomic E-state index is 13.9. The second-order valence-electron chi connectivity index (χ2n) is 16.0. The number of nitrogens with one attached hydrogen (secondary N) is 2. The van der Waals surface area contributed by atoms with Gasteiger partial charge in [-0.25, -0.2) is 0 Å². The predicted octanol–water partition coefficient (Wildman–Crippen LogP) is 8.56. The number of ether oxygens (including phenoxy) is 2. The number of carbonyl (C=O) groups excluding carboxylic acids is 2. The normalized spacial score (nSPS) is 26.8. The fourth-order valence-corrected chi connectivity index (χ4v) is 8.44. The van der Waals surface area contributed by atoms with Crippen LogP contribution in [-0.4, -0.2) is 55.9 Å². The summed E-state index contributed by atoms with van der Waals surface area (Å²) in [5.74, 6) is 0.00131. The van der Waals surface area contributed by atoms with E-state index in [0.717, 1.165) is 52.6 Å². The van der Waals surface area contributed by atoms with Crippen LogP contribution < -0.4 is 10.6 Å². The molecule has 0 unspecified atom stereocenters. The first kappa shape index (κ1) is 40.0. The predicted molar refractivity (Wildman–Crippen MR) is 210 cm³/mol. The number of aliphatic hydroxyl groups excluding tert-OH is 1. The second kappa shape index (κ2) is 17.0. The monoisotopic (exact) mass is 783 g/mol. The lowest BCUT2D eigenvalue weighted by molar-refractivity contribution is -0.278. The first-order valence-electron chi connectivity index (χ1n) is 18.8. The number of rotatable bonds is 9. The van der Waals surface area contributed by atoms with E-state index < -0.39 is 16.0 Å². The van der Waals surface area contributed by atoms with Crippen molar-refractivity contribution in [1.29, 1.82) is 0 Å². The van der Waals surface area contributed by atoms with Gasteiger partial charge < -0.3 is 25.2 Å². The molecule has 3 N–H and O–H groups in total. The molecule has 1 aliphatic carbocycles. The molecule has 286 valence electrons. The highest BCUT2D eigenvalue weighted by atomic mass is 35.6. The third-order valence-electron chi connectivity index (χ3n) is 11.0. The van der Waals surface area contributed by atoms with Crippen LogP contribution in [0.5, 0.6) is 0 Å². The van der Waals surface area contributed by atoms with Gasteiger partial charge in [0.05, 0.1) is 24.9 Å². The molecule has 53 heavy (non-hydrogen) atoms. The van der Waals surface area contributed by atoms with Gasteiger partial charge in [0, 0.05) is 36.2 Å². The maximum atomic E-state index is 13.9. The average Bonchev–Trinajstić information content (AvgIpc) is 3.14. The Morgan fingerprint density at radius 2 is 1.55 bits per heavy atom. The zero-order valence-electron chi connectivity index (χ0n) is 31.0. The fourth-order valence-electron chi connectivity index (χ4n) is 8.24. The van der Waals surface area contributed by atoms with Gasteiger partial charge in [-0.3, -0.25) is 14.5 Å². The summed E-state index contributed by atoms with van der Waals surface area (Å²) in [5.41, 5.74) is 5.28. The first-order chi connectivity index (χ1) is 25.2. The van der Waals surface area contributed by atoms with Gasteiger partial charge in [-0.15, -0.1) is 0 Å². The molecule has 3 aromatic carbocycles. The van der Waals surface area contributed by atoms with Crippen molar-refractivity contribution in [3.05, 3.63) is 95.1 Å². The number of likely N-dealkylation sites (tertiary alicyclic amines) is 1. The summed E-state index contributed by atoms with van der Waals surface area (Å²) in [6.07, 6.45) is 5.55. The molecular formula is C42H52Cl3N3O5. The van der Waals surface area contributed by atoms with Crippen molar-refractivity contribution < 1.29 is 24.2 Å². The van der Waals surface area contributed by atoms with Gasteiger partial charge >= 0.3 is 0 Å². The third kappa shape index (κ3) is 9.95. The molecule has 11 heteroatoms. The highest BCUT2D eigenvalue weighted by Gasteiger charge is 2.46. The molecule has 2 saturated heterocycles. The van der Waals surface area contributed by atoms with E-state index >= 15 is 0 Å². The number of fused-ring (bicyclic) bond motifs is 1. The lowest BCUT2D eigenvalue weighted by atomic mass is 9.75. The van der Waals surface area contributed by atoms with E-state index in [4.69, 9.17) is 44.3 Å². The number of hydrogen-bond donors (Lipinski definition) is 3. The summed E-state index contributed by atoms with van der Waals surface area (Å²) >= 11 is 17.1. The molecule has 1 saturated carbocycles. The molecule has 2 heterocycles. The van der Waals surface area contributed by atoms with E-state index in [1.807, 2.05) is 93.6 Å². The average molecular weight is 785 g/mol. The zero-order chi connectivity index (χ0) is 37.9. The minimum atomic E-state index is -2.02. The van der Waals surface area contributed by atoms with Gasteiger partial charge in [0.2, 0.25) is 5.91 Å². The Morgan fingerprint density at radius 3 is 2.23 bits per heavy atom. The van der Waals surface area contributed by atoms with Crippen LogP contribution in [-0.2, 0) is 32.2 Å². The lowest BCUT2D eigenvalue weighted by Crippen LogP contribution is -2.61. The van der Waals surface area contributed by atoms with Crippen LogP contribution in [0.15, 0.2) is 72.8 Å². The van der Waals surface area contributed by atoms with Gasteiger partial charge in [-0.2, -0.15) is 0 Å². The number of alkyl halides is 3. The number of benzene rings is 3. The Labute approximate surface area is 328 Å². The molecule has 0 radical (unpaired) electrons. The topological polar surface area (TPSA) is 100 Å². The molecule has 0 aromatic heterocycles.